The lowest BCUT2D eigenvalue weighted by Crippen LogP contribution is -2.59. The van der Waals surface area contributed by atoms with Crippen LogP contribution >= 0.6 is 12.2 Å². The lowest BCUT2D eigenvalue weighted by Gasteiger charge is -2.44. The molecule has 0 aliphatic carbocycles. The highest BCUT2D eigenvalue weighted by molar-refractivity contribution is 7.80. The maximum absolute atomic E-state index is 11.8. The van der Waals surface area contributed by atoms with Gasteiger partial charge >= 0.3 is 46.2 Å². The lowest BCUT2D eigenvalue weighted by molar-refractivity contribution is -0.139. The summed E-state index contributed by atoms with van der Waals surface area (Å²) in [6, 6.07) is 3.86. The van der Waals surface area contributed by atoms with Crippen LogP contribution in [0, 0.1) is 0 Å². The molecule has 0 fully saturated rings. The number of esters is 2. The molecule has 0 N–H and O–H groups in total. The first kappa shape index (κ1) is 64.3. The van der Waals surface area contributed by atoms with E-state index in [1.165, 1.54) is 25.7 Å². The SMILES string of the molecule is C=C(C)C(=O)OCCC[Si](C)(O[Si](C)(C)C)O[Si](C)(C)C.C=C(C)C(=O)OCCC[Si](C)(O[Si](C)(C)O[Si](C)(C)CCCC)O[Si](C)(C)O[Si](C)(C)CCCC.CC(C)=S. The Hall–Kier alpha value is 0.00506. The average Bonchev–Trinajstić information content (AvgIpc) is 2.99. The molecule has 0 amide bonds. The van der Waals surface area contributed by atoms with E-state index in [1.54, 1.807) is 13.8 Å². The van der Waals surface area contributed by atoms with Gasteiger partial charge in [-0.3, -0.25) is 0 Å². The fourth-order valence-corrected chi connectivity index (χ4v) is 44.6. The summed E-state index contributed by atoms with van der Waals surface area (Å²) in [5.74, 6) is -0.672. The van der Waals surface area contributed by atoms with Gasteiger partial charge in [-0.05, 0) is 174 Å². The summed E-state index contributed by atoms with van der Waals surface area (Å²) < 4.78 is 50.6. The Labute approximate surface area is 384 Å². The van der Waals surface area contributed by atoms with E-state index in [9.17, 15) is 9.59 Å². The Morgan fingerprint density at radius 2 is 0.717 bits per heavy atom. The zero-order valence-electron chi connectivity index (χ0n) is 42.9. The first-order valence-electron chi connectivity index (χ1n) is 22.1. The minimum absolute atomic E-state index is 0.324. The van der Waals surface area contributed by atoms with Crippen LogP contribution in [0.5, 0.6) is 0 Å². The Morgan fingerprint density at radius 3 is 0.950 bits per heavy atom. The Balaban J connectivity index is -0.00000110. The van der Waals surface area contributed by atoms with Gasteiger partial charge < -0.3 is 34.2 Å². The van der Waals surface area contributed by atoms with Crippen molar-refractivity contribution in [3.63, 3.8) is 0 Å². The molecule has 19 heteroatoms. The normalized spacial score (nSPS) is 13.0. The minimum Gasteiger partial charge on any atom is -0.462 e. The number of hydrogen-bond acceptors (Lipinski definition) is 11. The number of thiocarbonyl (C=S) groups is 1. The summed E-state index contributed by atoms with van der Waals surface area (Å²) in [6.07, 6.45) is 6.19. The Morgan fingerprint density at radius 1 is 0.450 bits per heavy atom. The van der Waals surface area contributed by atoms with Gasteiger partial charge in [-0.2, -0.15) is 0 Å². The summed E-state index contributed by atoms with van der Waals surface area (Å²) >= 11 is 4.54. The largest absolute Gasteiger partial charge is 0.462 e. The molecular formula is C41H94O10SSi8. The van der Waals surface area contributed by atoms with Crippen molar-refractivity contribution in [1.82, 2.24) is 0 Å². The van der Waals surface area contributed by atoms with Gasteiger partial charge in [-0.15, -0.1) is 0 Å². The van der Waals surface area contributed by atoms with E-state index in [2.05, 4.69) is 144 Å². The predicted molar refractivity (Wildman–Crippen MR) is 280 cm³/mol. The number of carbonyl (C=O) groups is 2. The van der Waals surface area contributed by atoms with Crippen molar-refractivity contribution in [3.05, 3.63) is 24.3 Å². The van der Waals surface area contributed by atoms with Crippen LogP contribution in [-0.4, -0.2) is 97.5 Å². The molecule has 0 unspecified atom stereocenters. The summed E-state index contributed by atoms with van der Waals surface area (Å²) in [5, 5.41) is 0. The first-order chi connectivity index (χ1) is 26.8. The van der Waals surface area contributed by atoms with Gasteiger partial charge in [0.2, 0.25) is 0 Å². The van der Waals surface area contributed by atoms with Crippen LogP contribution in [0.15, 0.2) is 24.3 Å². The number of ether oxygens (including phenoxy) is 2. The van der Waals surface area contributed by atoms with Crippen molar-refractivity contribution < 1.29 is 43.8 Å². The van der Waals surface area contributed by atoms with Crippen molar-refractivity contribution in [2.45, 2.75) is 209 Å². The summed E-state index contributed by atoms with van der Waals surface area (Å²) in [5.41, 5.74) is 0.853. The molecule has 0 radical (unpaired) electrons. The van der Waals surface area contributed by atoms with E-state index in [-0.39, 0.29) is 11.9 Å². The van der Waals surface area contributed by atoms with Crippen LogP contribution in [0.1, 0.15) is 80.1 Å². The van der Waals surface area contributed by atoms with Crippen LogP contribution in [0.4, 0.5) is 0 Å². The monoisotopic (exact) mass is 1000 g/mol. The molecule has 60 heavy (non-hydrogen) atoms. The van der Waals surface area contributed by atoms with Crippen molar-refractivity contribution in [3.8, 4) is 0 Å². The summed E-state index contributed by atoms with van der Waals surface area (Å²) in [6.45, 7) is 54.7. The number of rotatable bonds is 28. The number of hydrogen-bond donors (Lipinski definition) is 0. The molecule has 0 aliphatic rings. The van der Waals surface area contributed by atoms with Gasteiger partial charge in [-0.1, -0.05) is 64.9 Å². The second-order valence-electron chi connectivity index (χ2n) is 20.6. The second kappa shape index (κ2) is 28.8. The van der Waals surface area contributed by atoms with Gasteiger partial charge in [0.05, 0.1) is 13.2 Å². The summed E-state index contributed by atoms with van der Waals surface area (Å²) in [4.78, 5) is 24.2. The highest BCUT2D eigenvalue weighted by Crippen LogP contribution is 2.32. The molecule has 356 valence electrons. The molecule has 0 saturated carbocycles. The van der Waals surface area contributed by atoms with E-state index in [4.69, 9.17) is 34.2 Å². The van der Waals surface area contributed by atoms with E-state index >= 15 is 0 Å². The third-order valence-electron chi connectivity index (χ3n) is 7.99. The quantitative estimate of drug-likeness (QED) is 0.0246. The smallest absolute Gasteiger partial charge is 0.333 e. The summed E-state index contributed by atoms with van der Waals surface area (Å²) in [7, 11) is -16.7. The van der Waals surface area contributed by atoms with E-state index < -0.39 is 67.5 Å². The fraction of sp³-hybridized carbons (Fsp3) is 0.829. The first-order valence-corrected chi connectivity index (χ1v) is 46.2. The average molecular weight is 1000 g/mol. The zero-order chi connectivity index (χ0) is 48.0. The molecule has 0 saturated heterocycles. The lowest BCUT2D eigenvalue weighted by atomic mass is 10.4. The minimum atomic E-state index is -2.68. The predicted octanol–water partition coefficient (Wildman–Crippen LogP) is 13.7. The maximum atomic E-state index is 11.8. The van der Waals surface area contributed by atoms with Crippen molar-refractivity contribution in [2.24, 2.45) is 0 Å². The highest BCUT2D eigenvalue weighted by atomic mass is 32.1. The van der Waals surface area contributed by atoms with Gasteiger partial charge in [0.25, 0.3) is 0 Å². The molecule has 0 spiro atoms. The molecule has 0 aromatic heterocycles. The molecule has 0 atom stereocenters. The standard InChI is InChI=1S/C24H56O6Si5.C14H32O4Si3.C3H6S/c1-14-16-20-31(5,6)27-33(9,10)29-35(13,22-18-19-26-24(25)23(3)4)30-34(11,12)28-32(7,8)21-17-15-2;1-13(2)14(15)16-11-10-12-21(9,17-19(3,4)5)18-20(6,7)8;1-3(2)4/h3,14-22H2,1-2,4-13H3;1,10-12H2,2-9H3;1-2H3. The highest BCUT2D eigenvalue weighted by Gasteiger charge is 2.48. The van der Waals surface area contributed by atoms with Crippen LogP contribution < -0.4 is 0 Å². The molecule has 0 heterocycles. The molecule has 0 aromatic carbocycles. The van der Waals surface area contributed by atoms with Gasteiger partial charge in [0.1, 0.15) is 0 Å². The number of carbonyl (C=O) groups excluding carboxylic acids is 2. The molecule has 0 aliphatic heterocycles. The molecule has 0 bridgehead atoms. The molecule has 0 aromatic rings. The third kappa shape index (κ3) is 38.5. The van der Waals surface area contributed by atoms with Crippen molar-refractivity contribution in [1.29, 1.82) is 0 Å². The Kier molecular flexibility index (Phi) is 30.9. The van der Waals surface area contributed by atoms with E-state index in [1.807, 2.05) is 13.8 Å². The topological polar surface area (TPSA) is 108 Å². The van der Waals surface area contributed by atoms with Crippen molar-refractivity contribution >= 4 is 96.5 Å². The van der Waals surface area contributed by atoms with Crippen LogP contribution in [0.2, 0.25) is 129 Å². The van der Waals surface area contributed by atoms with Gasteiger partial charge in [0, 0.05) is 11.1 Å². The van der Waals surface area contributed by atoms with Gasteiger partial charge in [0.15, 0.2) is 33.3 Å². The third-order valence-corrected chi connectivity index (χ3v) is 37.7. The molecule has 10 nitrogen and oxygen atoms in total. The number of unbranched alkanes of at least 4 members (excludes halogenated alkanes) is 2. The van der Waals surface area contributed by atoms with Crippen LogP contribution in [0.25, 0.3) is 0 Å². The second-order valence-corrected chi connectivity index (χ2v) is 53.9. The maximum Gasteiger partial charge on any atom is 0.333 e. The molecule has 0 rings (SSSR count). The van der Waals surface area contributed by atoms with Crippen molar-refractivity contribution in [2.75, 3.05) is 13.2 Å². The van der Waals surface area contributed by atoms with E-state index in [0.29, 0.717) is 30.8 Å². The van der Waals surface area contributed by atoms with E-state index in [0.717, 1.165) is 35.5 Å². The fourth-order valence-electron chi connectivity index (χ4n) is 6.62. The zero-order valence-corrected chi connectivity index (χ0v) is 51.7. The van der Waals surface area contributed by atoms with Gasteiger partial charge in [-0.25, -0.2) is 9.59 Å². The van der Waals surface area contributed by atoms with Crippen LogP contribution in [-0.2, 0) is 43.8 Å². The van der Waals surface area contributed by atoms with Crippen LogP contribution in [0.3, 0.4) is 0 Å². The molecular weight excluding hydrogens is 909 g/mol. The Bertz CT molecular complexity index is 1260.